The van der Waals surface area contributed by atoms with Crippen LogP contribution < -0.4 is 10.6 Å². The monoisotopic (exact) mass is 234 g/mol. The molecule has 0 bridgehead atoms. The second-order valence-corrected chi connectivity index (χ2v) is 5.55. The Morgan fingerprint density at radius 3 is 3.00 bits per heavy atom. The highest BCUT2D eigenvalue weighted by atomic mass is 16.3. The molecule has 0 atom stereocenters. The summed E-state index contributed by atoms with van der Waals surface area (Å²) in [7, 11) is 0. The predicted octanol–water partition coefficient (Wildman–Crippen LogP) is 1.76. The Balaban J connectivity index is 1.94. The number of benzene rings is 1. The van der Waals surface area contributed by atoms with Gasteiger partial charge in [-0.1, -0.05) is 32.0 Å². The summed E-state index contributed by atoms with van der Waals surface area (Å²) >= 11 is 0. The molecular formula is C14H22N2O. The normalized spacial score (nSPS) is 14.5. The first-order valence-electron chi connectivity index (χ1n) is 6.29. The van der Waals surface area contributed by atoms with Crippen LogP contribution in [0.4, 0.5) is 5.69 Å². The summed E-state index contributed by atoms with van der Waals surface area (Å²) in [6.45, 7) is 7.08. The SMILES string of the molecule is CC(C)(CO)CNCc1cccc2c1NCC2. The summed E-state index contributed by atoms with van der Waals surface area (Å²) in [6, 6.07) is 6.48. The number of aliphatic hydroxyl groups is 1. The van der Waals surface area contributed by atoms with Crippen LogP contribution in [0.5, 0.6) is 0 Å². The molecule has 1 aromatic carbocycles. The average molecular weight is 234 g/mol. The van der Waals surface area contributed by atoms with Crippen molar-refractivity contribution in [2.45, 2.75) is 26.8 Å². The summed E-state index contributed by atoms with van der Waals surface area (Å²) in [6.07, 6.45) is 1.13. The van der Waals surface area contributed by atoms with E-state index in [-0.39, 0.29) is 12.0 Å². The molecule has 0 amide bonds. The molecule has 1 aliphatic heterocycles. The molecule has 3 nitrogen and oxygen atoms in total. The Morgan fingerprint density at radius 1 is 1.41 bits per heavy atom. The number of fused-ring (bicyclic) bond motifs is 1. The minimum atomic E-state index is -0.0502. The lowest BCUT2D eigenvalue weighted by molar-refractivity contribution is 0.156. The van der Waals surface area contributed by atoms with Crippen LogP contribution in [0.1, 0.15) is 25.0 Å². The van der Waals surface area contributed by atoms with Gasteiger partial charge in [-0.25, -0.2) is 0 Å². The average Bonchev–Trinajstić information content (AvgIpc) is 2.78. The maximum absolute atomic E-state index is 9.19. The van der Waals surface area contributed by atoms with E-state index in [1.807, 2.05) is 0 Å². The molecule has 1 heterocycles. The molecule has 94 valence electrons. The van der Waals surface area contributed by atoms with Crippen molar-refractivity contribution in [1.82, 2.24) is 5.32 Å². The van der Waals surface area contributed by atoms with E-state index in [9.17, 15) is 5.11 Å². The van der Waals surface area contributed by atoms with Crippen LogP contribution in [0.3, 0.4) is 0 Å². The summed E-state index contributed by atoms with van der Waals surface area (Å²) in [4.78, 5) is 0. The second-order valence-electron chi connectivity index (χ2n) is 5.55. The molecule has 0 saturated heterocycles. The Kier molecular flexibility index (Phi) is 3.69. The van der Waals surface area contributed by atoms with Crippen LogP contribution in [-0.2, 0) is 13.0 Å². The lowest BCUT2D eigenvalue weighted by atomic mass is 9.95. The Bertz CT molecular complexity index is 388. The largest absolute Gasteiger partial charge is 0.396 e. The van der Waals surface area contributed by atoms with E-state index in [4.69, 9.17) is 0 Å². The van der Waals surface area contributed by atoms with Crippen LogP contribution in [0.15, 0.2) is 18.2 Å². The third-order valence-corrected chi connectivity index (χ3v) is 3.28. The van der Waals surface area contributed by atoms with Gasteiger partial charge in [-0.15, -0.1) is 0 Å². The molecule has 0 spiro atoms. The lowest BCUT2D eigenvalue weighted by Gasteiger charge is -2.22. The number of hydrogen-bond donors (Lipinski definition) is 3. The number of nitrogens with one attached hydrogen (secondary N) is 2. The third kappa shape index (κ3) is 2.99. The van der Waals surface area contributed by atoms with E-state index in [1.165, 1.54) is 16.8 Å². The van der Waals surface area contributed by atoms with Crippen LogP contribution in [0.25, 0.3) is 0 Å². The highest BCUT2D eigenvalue weighted by molar-refractivity contribution is 5.61. The number of rotatable bonds is 5. The van der Waals surface area contributed by atoms with Gasteiger partial charge < -0.3 is 15.7 Å². The van der Waals surface area contributed by atoms with Gasteiger partial charge in [-0.3, -0.25) is 0 Å². The zero-order valence-corrected chi connectivity index (χ0v) is 10.7. The van der Waals surface area contributed by atoms with Crippen molar-refractivity contribution in [2.24, 2.45) is 5.41 Å². The zero-order valence-electron chi connectivity index (χ0n) is 10.7. The van der Waals surface area contributed by atoms with Gasteiger partial charge in [0, 0.05) is 37.3 Å². The fraction of sp³-hybridized carbons (Fsp3) is 0.571. The van der Waals surface area contributed by atoms with Crippen molar-refractivity contribution in [3.8, 4) is 0 Å². The predicted molar refractivity (Wildman–Crippen MR) is 71.2 cm³/mol. The first-order valence-corrected chi connectivity index (χ1v) is 6.29. The summed E-state index contributed by atoms with van der Waals surface area (Å²) in [5, 5.41) is 16.1. The molecule has 0 fully saturated rings. The van der Waals surface area contributed by atoms with E-state index >= 15 is 0 Å². The minimum absolute atomic E-state index is 0.0502. The van der Waals surface area contributed by atoms with E-state index in [0.717, 1.165) is 26.1 Å². The van der Waals surface area contributed by atoms with Crippen LogP contribution in [0, 0.1) is 5.41 Å². The molecule has 0 radical (unpaired) electrons. The molecule has 3 heteroatoms. The number of aliphatic hydroxyl groups excluding tert-OH is 1. The quantitative estimate of drug-likeness (QED) is 0.727. The van der Waals surface area contributed by atoms with Crippen LogP contribution in [0.2, 0.25) is 0 Å². The van der Waals surface area contributed by atoms with Gasteiger partial charge in [-0.2, -0.15) is 0 Å². The maximum Gasteiger partial charge on any atom is 0.0494 e. The third-order valence-electron chi connectivity index (χ3n) is 3.28. The van der Waals surface area contributed by atoms with Gasteiger partial charge >= 0.3 is 0 Å². The van der Waals surface area contributed by atoms with Crippen molar-refractivity contribution in [1.29, 1.82) is 0 Å². The van der Waals surface area contributed by atoms with Gasteiger partial charge in [0.05, 0.1) is 0 Å². The van der Waals surface area contributed by atoms with Gasteiger partial charge in [0.25, 0.3) is 0 Å². The van der Waals surface area contributed by atoms with Crippen LogP contribution >= 0.6 is 0 Å². The first-order chi connectivity index (χ1) is 8.12. The molecule has 0 unspecified atom stereocenters. The zero-order chi connectivity index (χ0) is 12.3. The van der Waals surface area contributed by atoms with Gasteiger partial charge in [0.2, 0.25) is 0 Å². The highest BCUT2D eigenvalue weighted by Crippen LogP contribution is 2.26. The van der Waals surface area contributed by atoms with Gasteiger partial charge in [0.15, 0.2) is 0 Å². The van der Waals surface area contributed by atoms with Gasteiger partial charge in [-0.05, 0) is 17.5 Å². The molecular weight excluding hydrogens is 212 g/mol. The molecule has 0 aromatic heterocycles. The smallest absolute Gasteiger partial charge is 0.0494 e. The molecule has 0 aliphatic carbocycles. The van der Waals surface area contributed by atoms with E-state index in [0.29, 0.717) is 0 Å². The van der Waals surface area contributed by atoms with Crippen molar-refractivity contribution < 1.29 is 5.11 Å². The van der Waals surface area contributed by atoms with E-state index in [2.05, 4.69) is 42.7 Å². The summed E-state index contributed by atoms with van der Waals surface area (Å²) in [5.41, 5.74) is 4.01. The standard InChI is InChI=1S/C14H22N2O/c1-14(2,10-17)9-15-8-12-5-3-4-11-6-7-16-13(11)12/h3-5,15-17H,6-10H2,1-2H3. The van der Waals surface area contributed by atoms with Crippen molar-refractivity contribution in [2.75, 3.05) is 25.0 Å². The Morgan fingerprint density at radius 2 is 2.24 bits per heavy atom. The van der Waals surface area contributed by atoms with Crippen molar-refractivity contribution in [3.63, 3.8) is 0 Å². The number of anilines is 1. The highest BCUT2D eigenvalue weighted by Gasteiger charge is 2.17. The number of hydrogen-bond acceptors (Lipinski definition) is 3. The molecule has 1 aromatic rings. The fourth-order valence-corrected chi connectivity index (χ4v) is 2.15. The molecule has 3 N–H and O–H groups in total. The van der Waals surface area contributed by atoms with Crippen LogP contribution in [-0.4, -0.2) is 24.8 Å². The van der Waals surface area contributed by atoms with Crippen molar-refractivity contribution in [3.05, 3.63) is 29.3 Å². The molecule has 0 saturated carbocycles. The second kappa shape index (κ2) is 5.07. The molecule has 17 heavy (non-hydrogen) atoms. The first kappa shape index (κ1) is 12.4. The molecule has 1 aliphatic rings. The lowest BCUT2D eigenvalue weighted by Crippen LogP contribution is -2.32. The fourth-order valence-electron chi connectivity index (χ4n) is 2.15. The number of para-hydroxylation sites is 1. The topological polar surface area (TPSA) is 44.3 Å². The summed E-state index contributed by atoms with van der Waals surface area (Å²) in [5.74, 6) is 0. The van der Waals surface area contributed by atoms with Crippen molar-refractivity contribution >= 4 is 5.69 Å². The van der Waals surface area contributed by atoms with Gasteiger partial charge in [0.1, 0.15) is 0 Å². The minimum Gasteiger partial charge on any atom is -0.396 e. The molecule has 2 rings (SSSR count). The maximum atomic E-state index is 9.19. The van der Waals surface area contributed by atoms with E-state index in [1.54, 1.807) is 0 Å². The Labute approximate surface area is 103 Å². The van der Waals surface area contributed by atoms with E-state index < -0.39 is 0 Å². The summed E-state index contributed by atoms with van der Waals surface area (Å²) < 4.78 is 0. The Hall–Kier alpha value is -1.06.